The van der Waals surface area contributed by atoms with Crippen LogP contribution in [0.25, 0.3) is 0 Å². The number of aryl methyl sites for hydroxylation is 1. The van der Waals surface area contributed by atoms with E-state index in [0.29, 0.717) is 37.2 Å². The molecule has 8 heteroatoms. The fourth-order valence-electron chi connectivity index (χ4n) is 2.38. The number of ether oxygens (including phenoxy) is 1. The number of oxazole rings is 1. The van der Waals surface area contributed by atoms with Crippen molar-refractivity contribution in [3.05, 3.63) is 29.6 Å². The summed E-state index contributed by atoms with van der Waals surface area (Å²) in [5, 5.41) is 3.82. The fourth-order valence-corrected chi connectivity index (χ4v) is 2.38. The predicted octanol–water partition coefficient (Wildman–Crippen LogP) is 1.70. The van der Waals surface area contributed by atoms with E-state index in [4.69, 9.17) is 13.7 Å². The number of morpholine rings is 1. The van der Waals surface area contributed by atoms with Gasteiger partial charge in [-0.3, -0.25) is 4.79 Å². The molecule has 0 aliphatic carbocycles. The molecule has 118 valence electrons. The van der Waals surface area contributed by atoms with Gasteiger partial charge < -0.3 is 18.6 Å². The topological polar surface area (TPSA) is 94.5 Å². The van der Waals surface area contributed by atoms with Crippen molar-refractivity contribution < 1.29 is 18.5 Å². The van der Waals surface area contributed by atoms with Crippen molar-refractivity contribution in [2.45, 2.75) is 32.7 Å². The van der Waals surface area contributed by atoms with Gasteiger partial charge in [0.15, 0.2) is 11.7 Å². The molecule has 0 saturated carbocycles. The Morgan fingerprint density at radius 2 is 2.27 bits per heavy atom. The Bertz CT molecular complexity index is 650. The van der Waals surface area contributed by atoms with Crippen LogP contribution < -0.4 is 0 Å². The Labute approximate surface area is 127 Å². The molecule has 3 rings (SSSR count). The van der Waals surface area contributed by atoms with Gasteiger partial charge in [0.1, 0.15) is 6.04 Å². The van der Waals surface area contributed by atoms with Crippen LogP contribution in [0.15, 0.2) is 15.3 Å². The van der Waals surface area contributed by atoms with E-state index in [1.54, 1.807) is 11.8 Å². The maximum absolute atomic E-state index is 12.8. The minimum atomic E-state index is -0.382. The zero-order valence-electron chi connectivity index (χ0n) is 12.8. The summed E-state index contributed by atoms with van der Waals surface area (Å²) in [5.41, 5.74) is 0.590. The van der Waals surface area contributed by atoms with Crippen LogP contribution in [0.5, 0.6) is 0 Å². The van der Waals surface area contributed by atoms with Crippen molar-refractivity contribution in [3.63, 3.8) is 0 Å². The molecule has 8 nitrogen and oxygen atoms in total. The molecule has 3 heterocycles. The van der Waals surface area contributed by atoms with Crippen molar-refractivity contribution in [3.8, 4) is 0 Å². The maximum Gasteiger partial charge on any atom is 0.292 e. The van der Waals surface area contributed by atoms with Gasteiger partial charge in [0.05, 0.1) is 18.9 Å². The van der Waals surface area contributed by atoms with Gasteiger partial charge in [0.2, 0.25) is 12.2 Å². The summed E-state index contributed by atoms with van der Waals surface area (Å²) in [5.74, 6) is 1.14. The van der Waals surface area contributed by atoms with Gasteiger partial charge in [-0.15, -0.1) is 0 Å². The largest absolute Gasteiger partial charge is 0.435 e. The molecule has 1 aliphatic heterocycles. The quantitative estimate of drug-likeness (QED) is 0.851. The first kappa shape index (κ1) is 14.7. The van der Waals surface area contributed by atoms with E-state index < -0.39 is 0 Å². The molecule has 0 spiro atoms. The highest BCUT2D eigenvalue weighted by atomic mass is 16.5. The molecule has 0 bridgehead atoms. The van der Waals surface area contributed by atoms with Crippen molar-refractivity contribution in [2.24, 2.45) is 0 Å². The van der Waals surface area contributed by atoms with E-state index in [1.165, 1.54) is 6.39 Å². The third kappa shape index (κ3) is 2.61. The van der Waals surface area contributed by atoms with E-state index in [-0.39, 0.29) is 23.6 Å². The van der Waals surface area contributed by atoms with Gasteiger partial charge in [-0.2, -0.15) is 4.98 Å². The normalized spacial score (nSPS) is 18.9. The van der Waals surface area contributed by atoms with E-state index >= 15 is 0 Å². The molecule has 2 aromatic heterocycles. The van der Waals surface area contributed by atoms with Crippen LogP contribution in [0.3, 0.4) is 0 Å². The molecule has 1 aliphatic rings. The fraction of sp³-hybridized carbons (Fsp3) is 0.571. The molecule has 0 radical (unpaired) electrons. The molecule has 0 aromatic carbocycles. The molecule has 1 atom stereocenters. The zero-order valence-corrected chi connectivity index (χ0v) is 12.8. The van der Waals surface area contributed by atoms with Gasteiger partial charge >= 0.3 is 0 Å². The van der Waals surface area contributed by atoms with Crippen molar-refractivity contribution in [2.75, 3.05) is 19.8 Å². The Balaban J connectivity index is 1.89. The van der Waals surface area contributed by atoms with E-state index in [0.717, 1.165) is 0 Å². The molecule has 1 fully saturated rings. The van der Waals surface area contributed by atoms with Crippen molar-refractivity contribution in [1.82, 2.24) is 20.0 Å². The molecular weight excluding hydrogens is 288 g/mol. The lowest BCUT2D eigenvalue weighted by Gasteiger charge is -2.33. The number of nitrogens with zero attached hydrogens (tertiary/aromatic N) is 4. The summed E-state index contributed by atoms with van der Waals surface area (Å²) in [7, 11) is 0. The Morgan fingerprint density at radius 3 is 2.91 bits per heavy atom. The first-order valence-corrected chi connectivity index (χ1v) is 7.20. The van der Waals surface area contributed by atoms with E-state index in [9.17, 15) is 4.79 Å². The van der Waals surface area contributed by atoms with Crippen LogP contribution in [0, 0.1) is 6.92 Å². The second-order valence-electron chi connectivity index (χ2n) is 5.50. The minimum absolute atomic E-state index is 0.123. The molecular formula is C14H18N4O4. The van der Waals surface area contributed by atoms with Crippen LogP contribution in [0.1, 0.15) is 53.8 Å². The van der Waals surface area contributed by atoms with Gasteiger partial charge in [0, 0.05) is 12.5 Å². The second-order valence-corrected chi connectivity index (χ2v) is 5.50. The molecule has 1 unspecified atom stereocenters. The lowest BCUT2D eigenvalue weighted by atomic mass is 10.2. The van der Waals surface area contributed by atoms with E-state index in [1.807, 2.05) is 13.8 Å². The van der Waals surface area contributed by atoms with Crippen LogP contribution >= 0.6 is 0 Å². The second kappa shape index (κ2) is 5.88. The number of aromatic nitrogens is 3. The number of hydrogen-bond acceptors (Lipinski definition) is 7. The SMILES string of the molecule is Cc1nc(C(C)C)oc1C(=O)N1CCOCC1c1ncon1. The third-order valence-electron chi connectivity index (χ3n) is 3.57. The van der Waals surface area contributed by atoms with Crippen LogP contribution in [-0.4, -0.2) is 45.7 Å². The summed E-state index contributed by atoms with van der Waals surface area (Å²) in [6, 6.07) is -0.382. The lowest BCUT2D eigenvalue weighted by Crippen LogP contribution is -2.44. The average molecular weight is 306 g/mol. The van der Waals surface area contributed by atoms with Gasteiger partial charge in [-0.05, 0) is 6.92 Å². The van der Waals surface area contributed by atoms with Crippen molar-refractivity contribution in [1.29, 1.82) is 0 Å². The Kier molecular flexibility index (Phi) is 3.93. The highest BCUT2D eigenvalue weighted by Gasteiger charge is 2.34. The molecule has 22 heavy (non-hydrogen) atoms. The van der Waals surface area contributed by atoms with Gasteiger partial charge in [-0.25, -0.2) is 4.98 Å². The highest BCUT2D eigenvalue weighted by Crippen LogP contribution is 2.26. The number of hydrogen-bond donors (Lipinski definition) is 0. The smallest absolute Gasteiger partial charge is 0.292 e. The third-order valence-corrected chi connectivity index (χ3v) is 3.57. The summed E-state index contributed by atoms with van der Waals surface area (Å²) in [4.78, 5) is 22.8. The first-order valence-electron chi connectivity index (χ1n) is 7.20. The van der Waals surface area contributed by atoms with Crippen LogP contribution in [0.2, 0.25) is 0 Å². The average Bonchev–Trinajstić information content (AvgIpc) is 3.16. The number of carbonyl (C=O) groups is 1. The number of rotatable bonds is 3. The Morgan fingerprint density at radius 1 is 1.45 bits per heavy atom. The summed E-state index contributed by atoms with van der Waals surface area (Å²) in [6.45, 7) is 6.94. The zero-order chi connectivity index (χ0) is 15.7. The summed E-state index contributed by atoms with van der Waals surface area (Å²) >= 11 is 0. The van der Waals surface area contributed by atoms with Crippen LogP contribution in [-0.2, 0) is 4.74 Å². The first-order chi connectivity index (χ1) is 10.6. The number of carbonyl (C=O) groups excluding carboxylic acids is 1. The minimum Gasteiger partial charge on any atom is -0.435 e. The van der Waals surface area contributed by atoms with Gasteiger partial charge in [0.25, 0.3) is 5.91 Å². The Hall–Kier alpha value is -2.22. The van der Waals surface area contributed by atoms with Crippen molar-refractivity contribution >= 4 is 5.91 Å². The number of amides is 1. The summed E-state index contributed by atoms with van der Waals surface area (Å²) in [6.07, 6.45) is 1.24. The monoisotopic (exact) mass is 306 g/mol. The standard InChI is InChI=1S/C14H18N4O4/c1-8(2)13-16-9(3)11(22-13)14(19)18-4-5-20-6-10(18)12-15-7-21-17-12/h7-8,10H,4-6H2,1-3H3. The lowest BCUT2D eigenvalue weighted by molar-refractivity contribution is -0.00742. The molecule has 0 N–H and O–H groups in total. The predicted molar refractivity (Wildman–Crippen MR) is 74.2 cm³/mol. The van der Waals surface area contributed by atoms with Gasteiger partial charge in [-0.1, -0.05) is 19.0 Å². The maximum atomic E-state index is 12.8. The molecule has 1 saturated heterocycles. The van der Waals surface area contributed by atoms with E-state index in [2.05, 4.69) is 15.1 Å². The van der Waals surface area contributed by atoms with Crippen LogP contribution in [0.4, 0.5) is 0 Å². The highest BCUT2D eigenvalue weighted by molar-refractivity contribution is 5.92. The summed E-state index contributed by atoms with van der Waals surface area (Å²) < 4.78 is 15.9. The molecule has 1 amide bonds. The molecule has 2 aromatic rings.